The molecule has 88 valence electrons. The van der Waals surface area contributed by atoms with Gasteiger partial charge in [0.15, 0.2) is 0 Å². The second kappa shape index (κ2) is 4.41. The zero-order chi connectivity index (χ0) is 12.4. The van der Waals surface area contributed by atoms with Crippen LogP contribution in [-0.2, 0) is 0 Å². The van der Waals surface area contributed by atoms with Gasteiger partial charge in [0, 0.05) is 32.7 Å². The van der Waals surface area contributed by atoms with Crippen LogP contribution in [0.2, 0.25) is 0 Å². The van der Waals surface area contributed by atoms with E-state index in [2.05, 4.69) is 10.3 Å². The summed E-state index contributed by atoms with van der Waals surface area (Å²) in [5, 5.41) is 4.91. The third-order valence-corrected chi connectivity index (χ3v) is 2.67. The van der Waals surface area contributed by atoms with E-state index in [-0.39, 0.29) is 5.91 Å². The quantitative estimate of drug-likeness (QED) is 0.856. The minimum atomic E-state index is -0.0312. The summed E-state index contributed by atoms with van der Waals surface area (Å²) in [6.07, 6.45) is 1.62. The number of hydrogen-bond donors (Lipinski definition) is 1. The summed E-state index contributed by atoms with van der Waals surface area (Å²) < 4.78 is 0. The van der Waals surface area contributed by atoms with E-state index in [0.717, 1.165) is 16.6 Å². The largest absolute Gasteiger partial charge is 0.373 e. The van der Waals surface area contributed by atoms with Crippen LogP contribution in [0.4, 0.5) is 5.82 Å². The van der Waals surface area contributed by atoms with E-state index in [1.165, 1.54) is 0 Å². The SMILES string of the molecule is CNc1ncc(C(=O)N(C)C)c2ccccc12. The molecule has 0 saturated heterocycles. The number of pyridine rings is 1. The first-order valence-corrected chi connectivity index (χ1v) is 5.42. The van der Waals surface area contributed by atoms with Crippen LogP contribution in [0.25, 0.3) is 10.8 Å². The lowest BCUT2D eigenvalue weighted by Crippen LogP contribution is -2.22. The van der Waals surface area contributed by atoms with Crippen molar-refractivity contribution in [1.82, 2.24) is 9.88 Å². The Kier molecular flexibility index (Phi) is 2.95. The Labute approximate surface area is 100 Å². The molecule has 0 spiro atoms. The molecule has 2 rings (SSSR count). The molecular formula is C13H15N3O. The van der Waals surface area contributed by atoms with E-state index in [0.29, 0.717) is 5.56 Å². The van der Waals surface area contributed by atoms with Gasteiger partial charge in [0.05, 0.1) is 5.56 Å². The minimum absolute atomic E-state index is 0.0312. The molecule has 0 atom stereocenters. The van der Waals surface area contributed by atoms with Crippen molar-refractivity contribution in [3.05, 3.63) is 36.0 Å². The first-order chi connectivity index (χ1) is 8.15. The van der Waals surface area contributed by atoms with Gasteiger partial charge < -0.3 is 10.2 Å². The van der Waals surface area contributed by atoms with Gasteiger partial charge in [-0.15, -0.1) is 0 Å². The number of carbonyl (C=O) groups excluding carboxylic acids is 1. The highest BCUT2D eigenvalue weighted by molar-refractivity contribution is 6.09. The Hall–Kier alpha value is -2.10. The first-order valence-electron chi connectivity index (χ1n) is 5.42. The molecule has 1 aromatic carbocycles. The minimum Gasteiger partial charge on any atom is -0.373 e. The third kappa shape index (κ3) is 1.93. The zero-order valence-corrected chi connectivity index (χ0v) is 10.2. The van der Waals surface area contributed by atoms with Gasteiger partial charge in [-0.1, -0.05) is 24.3 Å². The Morgan fingerprint density at radius 1 is 1.24 bits per heavy atom. The van der Waals surface area contributed by atoms with Gasteiger partial charge in [-0.3, -0.25) is 4.79 Å². The fourth-order valence-electron chi connectivity index (χ4n) is 1.80. The van der Waals surface area contributed by atoms with Gasteiger partial charge in [-0.05, 0) is 5.39 Å². The molecule has 4 nitrogen and oxygen atoms in total. The summed E-state index contributed by atoms with van der Waals surface area (Å²) in [5.41, 5.74) is 0.629. The van der Waals surface area contributed by atoms with Crippen LogP contribution < -0.4 is 5.32 Å². The molecule has 2 aromatic rings. The van der Waals surface area contributed by atoms with E-state index in [9.17, 15) is 4.79 Å². The monoisotopic (exact) mass is 229 g/mol. The van der Waals surface area contributed by atoms with Crippen molar-refractivity contribution < 1.29 is 4.79 Å². The highest BCUT2D eigenvalue weighted by Gasteiger charge is 2.14. The normalized spacial score (nSPS) is 10.3. The van der Waals surface area contributed by atoms with Gasteiger partial charge >= 0.3 is 0 Å². The van der Waals surface area contributed by atoms with Gasteiger partial charge in [0.25, 0.3) is 5.91 Å². The standard InChI is InChI=1S/C13H15N3O/c1-14-12-10-7-5-4-6-9(10)11(8-15-12)13(17)16(2)3/h4-8H,1-3H3,(H,14,15). The molecule has 0 fully saturated rings. The highest BCUT2D eigenvalue weighted by atomic mass is 16.2. The molecule has 4 heteroatoms. The molecule has 0 saturated carbocycles. The number of hydrogen-bond acceptors (Lipinski definition) is 3. The fraction of sp³-hybridized carbons (Fsp3) is 0.231. The molecular weight excluding hydrogens is 214 g/mol. The highest BCUT2D eigenvalue weighted by Crippen LogP contribution is 2.24. The van der Waals surface area contributed by atoms with Crippen molar-refractivity contribution in [1.29, 1.82) is 0 Å². The maximum atomic E-state index is 12.0. The topological polar surface area (TPSA) is 45.2 Å². The van der Waals surface area contributed by atoms with Crippen molar-refractivity contribution in [2.75, 3.05) is 26.5 Å². The summed E-state index contributed by atoms with van der Waals surface area (Å²) in [7, 11) is 5.30. The number of nitrogens with zero attached hydrogens (tertiary/aromatic N) is 2. The number of nitrogens with one attached hydrogen (secondary N) is 1. The van der Waals surface area contributed by atoms with Gasteiger partial charge in [0.2, 0.25) is 0 Å². The number of amides is 1. The van der Waals surface area contributed by atoms with E-state index in [1.54, 1.807) is 25.2 Å². The Morgan fingerprint density at radius 2 is 1.88 bits per heavy atom. The predicted octanol–water partition coefficient (Wildman–Crippen LogP) is 1.98. The van der Waals surface area contributed by atoms with Crippen LogP contribution in [-0.4, -0.2) is 36.9 Å². The Balaban J connectivity index is 2.71. The molecule has 0 aliphatic carbocycles. The van der Waals surface area contributed by atoms with Crippen molar-refractivity contribution in [3.8, 4) is 0 Å². The van der Waals surface area contributed by atoms with Gasteiger partial charge in [-0.25, -0.2) is 4.98 Å². The number of fused-ring (bicyclic) bond motifs is 1. The summed E-state index contributed by atoms with van der Waals surface area (Å²) in [5.74, 6) is 0.757. The van der Waals surface area contributed by atoms with Crippen molar-refractivity contribution >= 4 is 22.5 Å². The summed E-state index contributed by atoms with van der Waals surface area (Å²) in [4.78, 5) is 17.9. The second-order valence-electron chi connectivity index (χ2n) is 4.02. The van der Waals surface area contributed by atoms with E-state index < -0.39 is 0 Å². The van der Waals surface area contributed by atoms with Crippen LogP contribution >= 0.6 is 0 Å². The predicted molar refractivity (Wildman–Crippen MR) is 69.3 cm³/mol. The van der Waals surface area contributed by atoms with Gasteiger partial charge in [0.1, 0.15) is 5.82 Å². The van der Waals surface area contributed by atoms with Gasteiger partial charge in [-0.2, -0.15) is 0 Å². The van der Waals surface area contributed by atoms with Crippen LogP contribution in [0.3, 0.4) is 0 Å². The first kappa shape index (κ1) is 11.4. The van der Waals surface area contributed by atoms with E-state index in [4.69, 9.17) is 0 Å². The molecule has 1 N–H and O–H groups in total. The summed E-state index contributed by atoms with van der Waals surface area (Å²) in [6, 6.07) is 7.76. The van der Waals surface area contributed by atoms with Crippen molar-refractivity contribution in [3.63, 3.8) is 0 Å². The Bertz CT molecular complexity index is 564. The van der Waals surface area contributed by atoms with Crippen LogP contribution in [0, 0.1) is 0 Å². The number of carbonyl (C=O) groups is 1. The van der Waals surface area contributed by atoms with E-state index in [1.807, 2.05) is 31.3 Å². The number of benzene rings is 1. The number of aromatic nitrogens is 1. The average molecular weight is 229 g/mol. The van der Waals surface area contributed by atoms with Crippen molar-refractivity contribution in [2.45, 2.75) is 0 Å². The third-order valence-electron chi connectivity index (χ3n) is 2.67. The number of anilines is 1. The molecule has 1 amide bonds. The van der Waals surface area contributed by atoms with E-state index >= 15 is 0 Å². The lowest BCUT2D eigenvalue weighted by molar-refractivity contribution is 0.0829. The maximum absolute atomic E-state index is 12.0. The Morgan fingerprint density at radius 3 is 2.47 bits per heavy atom. The lowest BCUT2D eigenvalue weighted by atomic mass is 10.1. The molecule has 17 heavy (non-hydrogen) atoms. The molecule has 0 aliphatic heterocycles. The number of rotatable bonds is 2. The molecule has 1 heterocycles. The molecule has 1 aromatic heterocycles. The van der Waals surface area contributed by atoms with Crippen LogP contribution in [0.15, 0.2) is 30.5 Å². The van der Waals surface area contributed by atoms with Crippen LogP contribution in [0.5, 0.6) is 0 Å². The zero-order valence-electron chi connectivity index (χ0n) is 10.2. The molecule has 0 unspecified atom stereocenters. The smallest absolute Gasteiger partial charge is 0.255 e. The average Bonchev–Trinajstić information content (AvgIpc) is 2.36. The van der Waals surface area contributed by atoms with Crippen molar-refractivity contribution in [2.24, 2.45) is 0 Å². The second-order valence-corrected chi connectivity index (χ2v) is 4.02. The lowest BCUT2D eigenvalue weighted by Gasteiger charge is -2.13. The summed E-state index contributed by atoms with van der Waals surface area (Å²) >= 11 is 0. The summed E-state index contributed by atoms with van der Waals surface area (Å²) in [6.45, 7) is 0. The molecule has 0 radical (unpaired) electrons. The molecule has 0 aliphatic rings. The maximum Gasteiger partial charge on any atom is 0.255 e. The van der Waals surface area contributed by atoms with Crippen LogP contribution in [0.1, 0.15) is 10.4 Å². The fourth-order valence-corrected chi connectivity index (χ4v) is 1.80. The molecule has 0 bridgehead atoms.